The Hall–Kier alpha value is -1.59. The fourth-order valence-electron chi connectivity index (χ4n) is 2.55. The quantitative estimate of drug-likeness (QED) is 0.637. The van der Waals surface area contributed by atoms with Gasteiger partial charge in [-0.2, -0.15) is 0 Å². The van der Waals surface area contributed by atoms with Gasteiger partial charge < -0.3 is 15.2 Å². The van der Waals surface area contributed by atoms with Gasteiger partial charge in [0.15, 0.2) is 5.96 Å². The van der Waals surface area contributed by atoms with Crippen molar-refractivity contribution in [3.8, 4) is 0 Å². The third kappa shape index (κ3) is 4.19. The van der Waals surface area contributed by atoms with Crippen LogP contribution in [0.5, 0.6) is 0 Å². The van der Waals surface area contributed by atoms with Crippen molar-refractivity contribution in [3.05, 3.63) is 11.6 Å². The molecule has 2 heterocycles. The van der Waals surface area contributed by atoms with Crippen molar-refractivity contribution >= 4 is 5.96 Å². The van der Waals surface area contributed by atoms with Gasteiger partial charge in [-0.1, -0.05) is 6.92 Å². The van der Waals surface area contributed by atoms with Gasteiger partial charge in [-0.3, -0.25) is 4.99 Å². The third-order valence-electron chi connectivity index (χ3n) is 4.08. The molecule has 2 N–H and O–H groups in total. The van der Waals surface area contributed by atoms with Gasteiger partial charge >= 0.3 is 0 Å². The lowest BCUT2D eigenvalue weighted by atomic mass is 9.99. The van der Waals surface area contributed by atoms with E-state index >= 15 is 0 Å². The van der Waals surface area contributed by atoms with E-state index in [-0.39, 0.29) is 0 Å². The molecule has 2 atom stereocenters. The molecule has 0 radical (unpaired) electrons. The summed E-state index contributed by atoms with van der Waals surface area (Å²) in [6.45, 7) is 11.2. The minimum atomic E-state index is 0.445. The van der Waals surface area contributed by atoms with Crippen molar-refractivity contribution in [2.45, 2.75) is 59.5 Å². The molecule has 2 rings (SSSR count). The van der Waals surface area contributed by atoms with Crippen LogP contribution >= 0.6 is 0 Å². The smallest absolute Gasteiger partial charge is 0.191 e. The molecule has 6 heteroatoms. The van der Waals surface area contributed by atoms with E-state index in [9.17, 15) is 0 Å². The molecular formula is C15H28N6. The van der Waals surface area contributed by atoms with Crippen molar-refractivity contribution in [1.82, 2.24) is 25.4 Å². The molecule has 1 aliphatic heterocycles. The second-order valence-corrected chi connectivity index (χ2v) is 5.85. The second-order valence-electron chi connectivity index (χ2n) is 5.85. The highest BCUT2D eigenvalue weighted by Crippen LogP contribution is 2.19. The van der Waals surface area contributed by atoms with Crippen LogP contribution in [0.15, 0.2) is 4.99 Å². The molecule has 1 aromatic rings. The maximum absolute atomic E-state index is 4.75. The van der Waals surface area contributed by atoms with Crippen LogP contribution in [0.25, 0.3) is 0 Å². The summed E-state index contributed by atoms with van der Waals surface area (Å²) >= 11 is 0. The third-order valence-corrected chi connectivity index (χ3v) is 4.08. The molecule has 0 fully saturated rings. The summed E-state index contributed by atoms with van der Waals surface area (Å²) in [6, 6.07) is 0.445. The van der Waals surface area contributed by atoms with Crippen molar-refractivity contribution in [1.29, 1.82) is 0 Å². The molecule has 0 bridgehead atoms. The Bertz CT molecular complexity index is 479. The summed E-state index contributed by atoms with van der Waals surface area (Å²) in [6.07, 6.45) is 3.25. The molecule has 0 saturated heterocycles. The fourth-order valence-corrected chi connectivity index (χ4v) is 2.55. The first-order chi connectivity index (χ1) is 10.1. The minimum Gasteiger partial charge on any atom is -0.357 e. The van der Waals surface area contributed by atoms with Gasteiger partial charge in [-0.05, 0) is 39.5 Å². The first kappa shape index (κ1) is 15.8. The lowest BCUT2D eigenvalue weighted by Crippen LogP contribution is -2.42. The van der Waals surface area contributed by atoms with Gasteiger partial charge in [0.2, 0.25) is 0 Å². The number of hydrogen-bond donors (Lipinski definition) is 2. The number of nitrogens with zero attached hydrogens (tertiary/aromatic N) is 4. The van der Waals surface area contributed by atoms with E-state index in [1.54, 1.807) is 0 Å². The van der Waals surface area contributed by atoms with Crippen LogP contribution in [0.1, 0.15) is 45.3 Å². The Morgan fingerprint density at radius 2 is 2.24 bits per heavy atom. The van der Waals surface area contributed by atoms with Crippen LogP contribution < -0.4 is 10.6 Å². The normalized spacial score (nSPS) is 20.0. The molecule has 118 valence electrons. The SMILES string of the molecule is CCNC(=NCC1CCc2nnc(C)n2C1)NC(C)CC. The summed E-state index contributed by atoms with van der Waals surface area (Å²) in [5, 5.41) is 15.1. The van der Waals surface area contributed by atoms with E-state index in [0.29, 0.717) is 12.0 Å². The van der Waals surface area contributed by atoms with E-state index in [0.717, 1.165) is 56.5 Å². The predicted molar refractivity (Wildman–Crippen MR) is 85.4 cm³/mol. The highest BCUT2D eigenvalue weighted by molar-refractivity contribution is 5.80. The van der Waals surface area contributed by atoms with E-state index in [4.69, 9.17) is 4.99 Å². The zero-order chi connectivity index (χ0) is 15.2. The summed E-state index contributed by atoms with van der Waals surface area (Å²) in [7, 11) is 0. The molecule has 0 aliphatic carbocycles. The van der Waals surface area contributed by atoms with Crippen LogP contribution in [0, 0.1) is 12.8 Å². The number of aryl methyl sites for hydroxylation is 2. The molecular weight excluding hydrogens is 264 g/mol. The molecule has 0 aromatic carbocycles. The Labute approximate surface area is 127 Å². The summed E-state index contributed by atoms with van der Waals surface area (Å²) in [5.74, 6) is 3.64. The standard InChI is InChI=1S/C15H28N6/c1-5-11(3)18-15(16-6-2)17-9-13-7-8-14-20-19-12(4)21(14)10-13/h11,13H,5-10H2,1-4H3,(H2,16,17,18). The number of aliphatic imine (C=N–C) groups is 1. The molecule has 6 nitrogen and oxygen atoms in total. The van der Waals surface area contributed by atoms with Gasteiger partial charge in [0.05, 0.1) is 0 Å². The van der Waals surface area contributed by atoms with Gasteiger partial charge in [-0.25, -0.2) is 0 Å². The zero-order valence-electron chi connectivity index (χ0n) is 13.7. The van der Waals surface area contributed by atoms with Crippen molar-refractivity contribution in [3.63, 3.8) is 0 Å². The number of guanidine groups is 1. The Kier molecular flexibility index (Phi) is 5.59. The van der Waals surface area contributed by atoms with Crippen molar-refractivity contribution in [2.75, 3.05) is 13.1 Å². The maximum atomic E-state index is 4.75. The lowest BCUT2D eigenvalue weighted by Gasteiger charge is -2.23. The number of rotatable bonds is 5. The number of aromatic nitrogens is 3. The first-order valence-electron chi connectivity index (χ1n) is 8.07. The first-order valence-corrected chi connectivity index (χ1v) is 8.07. The average molecular weight is 292 g/mol. The Morgan fingerprint density at radius 1 is 1.43 bits per heavy atom. The van der Waals surface area contributed by atoms with Gasteiger partial charge in [0.1, 0.15) is 11.6 Å². The van der Waals surface area contributed by atoms with Gasteiger partial charge in [0, 0.05) is 32.1 Å². The predicted octanol–water partition coefficient (Wildman–Crippen LogP) is 1.50. The fraction of sp³-hybridized carbons (Fsp3) is 0.800. The monoisotopic (exact) mass is 292 g/mol. The lowest BCUT2D eigenvalue weighted by molar-refractivity contribution is 0.369. The highest BCUT2D eigenvalue weighted by Gasteiger charge is 2.21. The minimum absolute atomic E-state index is 0.445. The maximum Gasteiger partial charge on any atom is 0.191 e. The van der Waals surface area contributed by atoms with Crippen LogP contribution in [0.3, 0.4) is 0 Å². The topological polar surface area (TPSA) is 67.1 Å². The Morgan fingerprint density at radius 3 is 2.95 bits per heavy atom. The van der Waals surface area contributed by atoms with Gasteiger partial charge in [-0.15, -0.1) is 10.2 Å². The van der Waals surface area contributed by atoms with E-state index < -0.39 is 0 Å². The van der Waals surface area contributed by atoms with Crippen LogP contribution in [0.2, 0.25) is 0 Å². The number of hydrogen-bond acceptors (Lipinski definition) is 3. The zero-order valence-corrected chi connectivity index (χ0v) is 13.7. The summed E-state index contributed by atoms with van der Waals surface area (Å²) < 4.78 is 2.23. The number of nitrogens with one attached hydrogen (secondary N) is 2. The molecule has 1 aliphatic rings. The second kappa shape index (κ2) is 7.43. The molecule has 0 amide bonds. The summed E-state index contributed by atoms with van der Waals surface area (Å²) in [4.78, 5) is 4.75. The van der Waals surface area contributed by atoms with E-state index in [1.807, 2.05) is 6.92 Å². The molecule has 0 saturated carbocycles. The Balaban J connectivity index is 1.94. The van der Waals surface area contributed by atoms with Crippen LogP contribution in [0.4, 0.5) is 0 Å². The van der Waals surface area contributed by atoms with Crippen molar-refractivity contribution < 1.29 is 0 Å². The van der Waals surface area contributed by atoms with E-state index in [1.165, 1.54) is 0 Å². The molecule has 1 aromatic heterocycles. The van der Waals surface area contributed by atoms with Crippen molar-refractivity contribution in [2.24, 2.45) is 10.9 Å². The molecule has 2 unspecified atom stereocenters. The molecule has 0 spiro atoms. The van der Waals surface area contributed by atoms with Crippen LogP contribution in [-0.2, 0) is 13.0 Å². The number of fused-ring (bicyclic) bond motifs is 1. The summed E-state index contributed by atoms with van der Waals surface area (Å²) in [5.41, 5.74) is 0. The molecule has 21 heavy (non-hydrogen) atoms. The van der Waals surface area contributed by atoms with E-state index in [2.05, 4.69) is 46.2 Å². The highest BCUT2D eigenvalue weighted by atomic mass is 15.3. The van der Waals surface area contributed by atoms with Gasteiger partial charge in [0.25, 0.3) is 0 Å². The largest absolute Gasteiger partial charge is 0.357 e. The van der Waals surface area contributed by atoms with Crippen LogP contribution in [-0.4, -0.2) is 39.9 Å². The average Bonchev–Trinajstić information content (AvgIpc) is 2.86.